The van der Waals surface area contributed by atoms with Gasteiger partial charge in [0.25, 0.3) is 0 Å². The number of hydrogen-bond acceptors (Lipinski definition) is 10. The van der Waals surface area contributed by atoms with Crippen LogP contribution in [0, 0.1) is 5.92 Å². The van der Waals surface area contributed by atoms with E-state index >= 15 is 0 Å². The number of anilines is 1. The van der Waals surface area contributed by atoms with Crippen LogP contribution in [-0.4, -0.2) is 72.4 Å². The lowest BCUT2D eigenvalue weighted by molar-refractivity contribution is -0.156. The summed E-state index contributed by atoms with van der Waals surface area (Å²) in [4.78, 5) is 28.0. The zero-order chi connectivity index (χ0) is 37.7. The van der Waals surface area contributed by atoms with Crippen LogP contribution in [0.3, 0.4) is 0 Å². The molecule has 1 N–H and O–H groups in total. The Kier molecular flexibility index (Phi) is 12.7. The molecule has 1 saturated heterocycles. The molecule has 0 aromatic heterocycles. The summed E-state index contributed by atoms with van der Waals surface area (Å²) in [6.45, 7) is 18.6. The van der Waals surface area contributed by atoms with Gasteiger partial charge in [-0.15, -0.1) is 0 Å². The van der Waals surface area contributed by atoms with Gasteiger partial charge in [0.1, 0.15) is 34.9 Å². The molecule has 280 valence electrons. The molecule has 1 unspecified atom stereocenters. The van der Waals surface area contributed by atoms with Crippen molar-refractivity contribution in [2.45, 2.75) is 124 Å². The van der Waals surface area contributed by atoms with Crippen LogP contribution >= 0.6 is 0 Å². The van der Waals surface area contributed by atoms with Gasteiger partial charge in [-0.25, -0.2) is 9.59 Å². The molecular formula is C40H55NO10. The van der Waals surface area contributed by atoms with Crippen molar-refractivity contribution >= 4 is 23.8 Å². The lowest BCUT2D eigenvalue weighted by Gasteiger charge is -2.33. The van der Waals surface area contributed by atoms with Gasteiger partial charge in [-0.05, 0) is 90.1 Å². The van der Waals surface area contributed by atoms with E-state index in [1.165, 1.54) is 4.90 Å². The molecule has 2 aliphatic rings. The van der Waals surface area contributed by atoms with E-state index in [4.69, 9.17) is 33.2 Å². The summed E-state index contributed by atoms with van der Waals surface area (Å²) in [5, 5.41) is 10.2. The van der Waals surface area contributed by atoms with Gasteiger partial charge in [-0.2, -0.15) is 0 Å². The van der Waals surface area contributed by atoms with Gasteiger partial charge in [-0.1, -0.05) is 43.4 Å². The minimum atomic E-state index is -1.19. The first-order chi connectivity index (χ1) is 23.8. The molecule has 2 aromatic rings. The predicted octanol–water partition coefficient (Wildman–Crippen LogP) is 7.82. The second-order valence-corrected chi connectivity index (χ2v) is 14.9. The smallest absolute Gasteiger partial charge is 0.414 e. The van der Waals surface area contributed by atoms with E-state index < -0.39 is 53.7 Å². The van der Waals surface area contributed by atoms with E-state index in [0.29, 0.717) is 36.6 Å². The maximum absolute atomic E-state index is 13.3. The zero-order valence-electron chi connectivity index (χ0n) is 31.9. The van der Waals surface area contributed by atoms with E-state index in [1.54, 1.807) is 46.1 Å². The fourth-order valence-electron chi connectivity index (χ4n) is 5.77. The van der Waals surface area contributed by atoms with Crippen molar-refractivity contribution in [3.8, 4) is 11.5 Å². The minimum Gasteiger partial charge on any atom is -0.497 e. The number of amides is 1. The largest absolute Gasteiger partial charge is 0.497 e. The number of ether oxygens (including phenoxy) is 7. The molecule has 11 nitrogen and oxygen atoms in total. The molecule has 0 bridgehead atoms. The number of cyclic esters (lactones) is 1. The van der Waals surface area contributed by atoms with Crippen molar-refractivity contribution in [1.29, 1.82) is 0 Å². The third-order valence-corrected chi connectivity index (χ3v) is 8.44. The highest BCUT2D eigenvalue weighted by Gasteiger charge is 2.44. The molecule has 5 atom stereocenters. The Bertz CT molecular complexity index is 1570. The van der Waals surface area contributed by atoms with Crippen molar-refractivity contribution in [2.75, 3.05) is 18.6 Å². The fraction of sp³-hybridized carbons (Fsp3) is 0.550. The molecular weight excluding hydrogens is 654 g/mol. The second-order valence-electron chi connectivity index (χ2n) is 14.9. The highest BCUT2D eigenvalue weighted by atomic mass is 16.8. The number of benzene rings is 2. The monoisotopic (exact) mass is 709 g/mol. The molecule has 0 spiro atoms. The Labute approximate surface area is 302 Å². The number of rotatable bonds is 13. The van der Waals surface area contributed by atoms with Crippen LogP contribution in [0.1, 0.15) is 97.1 Å². The summed E-state index contributed by atoms with van der Waals surface area (Å²) in [6, 6.07) is 11.1. The molecule has 2 heterocycles. The number of methoxy groups -OCH3 is 1. The average Bonchev–Trinajstić information content (AvgIpc) is 3.33. The maximum atomic E-state index is 13.3. The number of nitrogens with zero attached hydrogens (tertiary/aromatic N) is 1. The van der Waals surface area contributed by atoms with Crippen LogP contribution in [0.25, 0.3) is 6.08 Å². The second kappa shape index (κ2) is 16.2. The van der Waals surface area contributed by atoms with Gasteiger partial charge in [-0.3, -0.25) is 4.90 Å². The number of aliphatic hydroxyl groups excluding tert-OH is 1. The van der Waals surface area contributed by atoms with Gasteiger partial charge >= 0.3 is 12.1 Å². The SMILES string of the molecule is CCN(C(=O)OC(C)(C)C)c1cc(C=CC[C@@H]2OC(C)(C)O[C@@H]2C(C=C[C@@H](C)[C@H](C)O)OCc2ccc(OC)cc2)c2c(c1)OC(C)(C)OC2=O. The van der Waals surface area contributed by atoms with Crippen LogP contribution in [-0.2, 0) is 30.3 Å². The summed E-state index contributed by atoms with van der Waals surface area (Å²) < 4.78 is 41.9. The zero-order valence-corrected chi connectivity index (χ0v) is 31.9. The topological polar surface area (TPSA) is 122 Å². The summed E-state index contributed by atoms with van der Waals surface area (Å²) in [5.41, 5.74) is 1.54. The molecule has 0 saturated carbocycles. The fourth-order valence-corrected chi connectivity index (χ4v) is 5.77. The molecule has 1 fully saturated rings. The Morgan fingerprint density at radius 1 is 1.02 bits per heavy atom. The number of carbonyl (C=O) groups excluding carboxylic acids is 2. The standard InChI is InChI=1S/C40H55NO10/c1-12-41(37(44)51-38(4,5)6)29-22-28(34-33(23-29)48-40(9,10)50-36(34)43)14-13-15-32-35(49-39(7,8)47-32)31(21-16-25(2)26(3)42)46-24-27-17-19-30(45-11)20-18-27/h13-14,16-23,25-26,31-32,35,42H,12,15,24H2,1-11H3/t25-,26+,31?,32+,35-/m1/s1. The Morgan fingerprint density at radius 3 is 2.31 bits per heavy atom. The highest BCUT2D eigenvalue weighted by molar-refractivity contribution is 6.00. The number of esters is 1. The van der Waals surface area contributed by atoms with Gasteiger partial charge in [0.05, 0.1) is 31.6 Å². The normalized spacial score (nSPS) is 21.5. The molecule has 0 radical (unpaired) electrons. The molecule has 1 amide bonds. The molecule has 0 aliphatic carbocycles. The maximum Gasteiger partial charge on any atom is 0.414 e. The average molecular weight is 710 g/mol. The van der Waals surface area contributed by atoms with Gasteiger partial charge < -0.3 is 38.3 Å². The highest BCUT2D eigenvalue weighted by Crippen LogP contribution is 2.39. The Morgan fingerprint density at radius 2 is 1.71 bits per heavy atom. The van der Waals surface area contributed by atoms with Crippen molar-refractivity contribution in [3.63, 3.8) is 0 Å². The summed E-state index contributed by atoms with van der Waals surface area (Å²) in [5.74, 6) is -1.67. The van der Waals surface area contributed by atoms with E-state index in [0.717, 1.165) is 11.3 Å². The molecule has 4 rings (SSSR count). The Hall–Kier alpha value is -3.90. The number of fused-ring (bicyclic) bond motifs is 1. The molecule has 2 aromatic carbocycles. The first kappa shape index (κ1) is 39.9. The van der Waals surface area contributed by atoms with Gasteiger partial charge in [0.2, 0.25) is 5.79 Å². The van der Waals surface area contributed by atoms with Crippen LogP contribution in [0.5, 0.6) is 11.5 Å². The Balaban J connectivity index is 1.65. The number of hydrogen-bond donors (Lipinski definition) is 1. The molecule has 51 heavy (non-hydrogen) atoms. The third-order valence-electron chi connectivity index (χ3n) is 8.44. The quantitative estimate of drug-likeness (QED) is 0.163. The lowest BCUT2D eigenvalue weighted by atomic mass is 9.99. The lowest BCUT2D eigenvalue weighted by Crippen LogP contribution is -2.40. The first-order valence-electron chi connectivity index (χ1n) is 17.6. The first-order valence-corrected chi connectivity index (χ1v) is 17.6. The third kappa shape index (κ3) is 10.8. The van der Waals surface area contributed by atoms with Gasteiger partial charge in [0, 0.05) is 26.5 Å². The summed E-state index contributed by atoms with van der Waals surface area (Å²) >= 11 is 0. The van der Waals surface area contributed by atoms with E-state index in [-0.39, 0.29) is 11.5 Å². The van der Waals surface area contributed by atoms with Gasteiger partial charge in [0.15, 0.2) is 5.79 Å². The van der Waals surface area contributed by atoms with Crippen molar-refractivity contribution in [3.05, 3.63) is 71.3 Å². The van der Waals surface area contributed by atoms with Crippen LogP contribution in [0.4, 0.5) is 10.5 Å². The molecule has 11 heteroatoms. The van der Waals surface area contributed by atoms with E-state index in [1.807, 2.05) is 91.0 Å². The van der Waals surface area contributed by atoms with Crippen LogP contribution < -0.4 is 14.4 Å². The van der Waals surface area contributed by atoms with Crippen molar-refractivity contribution in [1.82, 2.24) is 0 Å². The summed E-state index contributed by atoms with van der Waals surface area (Å²) in [7, 11) is 1.62. The summed E-state index contributed by atoms with van der Waals surface area (Å²) in [6.07, 6.45) is 5.47. The molecule has 2 aliphatic heterocycles. The predicted molar refractivity (Wildman–Crippen MR) is 195 cm³/mol. The van der Waals surface area contributed by atoms with Crippen LogP contribution in [0.15, 0.2) is 54.6 Å². The van der Waals surface area contributed by atoms with E-state index in [2.05, 4.69) is 0 Å². The van der Waals surface area contributed by atoms with Crippen molar-refractivity contribution in [2.24, 2.45) is 5.92 Å². The van der Waals surface area contributed by atoms with Crippen molar-refractivity contribution < 1.29 is 47.9 Å². The minimum absolute atomic E-state index is 0.112. The number of carbonyl (C=O) groups is 2. The number of aliphatic hydroxyl groups is 1. The van der Waals surface area contributed by atoms with Crippen LogP contribution in [0.2, 0.25) is 0 Å². The van der Waals surface area contributed by atoms with E-state index in [9.17, 15) is 14.7 Å².